The molecule has 0 radical (unpaired) electrons. The lowest BCUT2D eigenvalue weighted by molar-refractivity contribution is 0.203. The Morgan fingerprint density at radius 1 is 1.12 bits per heavy atom. The second-order valence-corrected chi connectivity index (χ2v) is 7.54. The van der Waals surface area contributed by atoms with Crippen LogP contribution in [0.25, 0.3) is 0 Å². The largest absolute Gasteiger partial charge is 0.356 e. The Labute approximate surface area is 154 Å². The summed E-state index contributed by atoms with van der Waals surface area (Å²) >= 11 is 5.86. The highest BCUT2D eigenvalue weighted by atomic mass is 35.5. The molecule has 0 amide bonds. The molecule has 0 unspecified atom stereocenters. The first-order valence-corrected chi connectivity index (χ1v) is 9.45. The molecule has 4 rings (SSSR count). The zero-order valence-electron chi connectivity index (χ0n) is 14.6. The Kier molecular flexibility index (Phi) is 4.86. The summed E-state index contributed by atoms with van der Waals surface area (Å²) in [4.78, 5) is 18.2. The van der Waals surface area contributed by atoms with E-state index in [0.29, 0.717) is 17.1 Å². The fourth-order valence-electron chi connectivity index (χ4n) is 3.51. The van der Waals surface area contributed by atoms with Crippen molar-refractivity contribution in [1.29, 1.82) is 0 Å². The third kappa shape index (κ3) is 4.10. The Morgan fingerprint density at radius 3 is 2.60 bits per heavy atom. The van der Waals surface area contributed by atoms with Gasteiger partial charge in [0, 0.05) is 51.0 Å². The smallest absolute Gasteiger partial charge is 0.133 e. The van der Waals surface area contributed by atoms with Crippen molar-refractivity contribution in [2.75, 3.05) is 25.0 Å². The molecule has 0 N–H and O–H groups in total. The standard InChI is InChI=1S/C19H24ClN5/c1-24(18-6-9-21-19(23-18)15-3-4-15)16-7-10-25(11-8-16)13-14-2-5-17(20)22-12-14/h2,5-6,9,12,15-16H,3-4,7-8,10-11,13H2,1H3. The van der Waals surface area contributed by atoms with Gasteiger partial charge in [0.25, 0.3) is 0 Å². The summed E-state index contributed by atoms with van der Waals surface area (Å²) in [5.41, 5.74) is 1.22. The summed E-state index contributed by atoms with van der Waals surface area (Å²) in [6.07, 6.45) is 8.58. The zero-order chi connectivity index (χ0) is 17.2. The molecule has 0 atom stereocenters. The van der Waals surface area contributed by atoms with Crippen LogP contribution >= 0.6 is 11.6 Å². The molecular formula is C19H24ClN5. The number of likely N-dealkylation sites (tertiary alicyclic amines) is 1. The van der Waals surface area contributed by atoms with Crippen molar-refractivity contribution in [1.82, 2.24) is 19.9 Å². The van der Waals surface area contributed by atoms with Crippen molar-refractivity contribution in [2.24, 2.45) is 0 Å². The molecule has 2 fully saturated rings. The van der Waals surface area contributed by atoms with Gasteiger partial charge in [0.2, 0.25) is 0 Å². The van der Waals surface area contributed by atoms with E-state index < -0.39 is 0 Å². The van der Waals surface area contributed by atoms with Gasteiger partial charge in [0.1, 0.15) is 16.8 Å². The molecule has 1 saturated carbocycles. The summed E-state index contributed by atoms with van der Waals surface area (Å²) in [7, 11) is 2.17. The van der Waals surface area contributed by atoms with Crippen LogP contribution in [0.2, 0.25) is 5.15 Å². The van der Waals surface area contributed by atoms with E-state index in [0.717, 1.165) is 44.1 Å². The minimum absolute atomic E-state index is 0.543. The van der Waals surface area contributed by atoms with Crippen LogP contribution in [0.3, 0.4) is 0 Å². The summed E-state index contributed by atoms with van der Waals surface area (Å²) in [6.45, 7) is 3.14. The van der Waals surface area contributed by atoms with E-state index in [2.05, 4.69) is 32.9 Å². The maximum atomic E-state index is 5.86. The van der Waals surface area contributed by atoms with E-state index in [4.69, 9.17) is 16.6 Å². The molecule has 6 heteroatoms. The van der Waals surface area contributed by atoms with Crippen molar-refractivity contribution in [3.8, 4) is 0 Å². The topological polar surface area (TPSA) is 45.2 Å². The third-order valence-electron chi connectivity index (χ3n) is 5.26. The van der Waals surface area contributed by atoms with Gasteiger partial charge in [-0.3, -0.25) is 4.90 Å². The Bertz CT molecular complexity index is 708. The van der Waals surface area contributed by atoms with Crippen molar-refractivity contribution in [3.63, 3.8) is 0 Å². The van der Waals surface area contributed by atoms with Gasteiger partial charge in [-0.15, -0.1) is 0 Å². The summed E-state index contributed by atoms with van der Waals surface area (Å²) in [5, 5.41) is 0.555. The van der Waals surface area contributed by atoms with E-state index in [-0.39, 0.29) is 0 Å². The maximum Gasteiger partial charge on any atom is 0.133 e. The van der Waals surface area contributed by atoms with E-state index >= 15 is 0 Å². The first-order chi connectivity index (χ1) is 12.2. The highest BCUT2D eigenvalue weighted by Crippen LogP contribution is 2.38. The lowest BCUT2D eigenvalue weighted by atomic mass is 10.0. The quantitative estimate of drug-likeness (QED) is 0.766. The molecule has 132 valence electrons. The predicted octanol–water partition coefficient (Wildman–Crippen LogP) is 3.50. The van der Waals surface area contributed by atoms with Gasteiger partial charge >= 0.3 is 0 Å². The number of pyridine rings is 1. The zero-order valence-corrected chi connectivity index (χ0v) is 15.4. The molecule has 2 aliphatic rings. The molecule has 3 heterocycles. The number of anilines is 1. The van der Waals surface area contributed by atoms with Gasteiger partial charge in [0.15, 0.2) is 0 Å². The van der Waals surface area contributed by atoms with Gasteiger partial charge in [-0.05, 0) is 43.4 Å². The van der Waals surface area contributed by atoms with Crippen LogP contribution in [-0.4, -0.2) is 46.0 Å². The second kappa shape index (κ2) is 7.26. The van der Waals surface area contributed by atoms with Gasteiger partial charge in [0.05, 0.1) is 0 Å². The molecule has 2 aromatic heterocycles. The number of aromatic nitrogens is 3. The van der Waals surface area contributed by atoms with Crippen LogP contribution in [0.1, 0.15) is 43.0 Å². The van der Waals surface area contributed by atoms with Crippen molar-refractivity contribution < 1.29 is 0 Å². The molecule has 2 aromatic rings. The number of nitrogens with zero attached hydrogens (tertiary/aromatic N) is 5. The Balaban J connectivity index is 1.33. The predicted molar refractivity (Wildman–Crippen MR) is 100.0 cm³/mol. The van der Waals surface area contributed by atoms with Crippen molar-refractivity contribution in [3.05, 3.63) is 47.1 Å². The number of piperidine rings is 1. The Hall–Kier alpha value is -1.72. The highest BCUT2D eigenvalue weighted by Gasteiger charge is 2.28. The highest BCUT2D eigenvalue weighted by molar-refractivity contribution is 6.29. The van der Waals surface area contributed by atoms with Gasteiger partial charge in [-0.25, -0.2) is 15.0 Å². The lowest BCUT2D eigenvalue weighted by Crippen LogP contribution is -2.43. The van der Waals surface area contributed by atoms with E-state index in [9.17, 15) is 0 Å². The SMILES string of the molecule is CN(c1ccnc(C2CC2)n1)C1CCN(Cc2ccc(Cl)nc2)CC1. The van der Waals surface area contributed by atoms with E-state index in [1.54, 1.807) is 0 Å². The number of halogens is 1. The van der Waals surface area contributed by atoms with Gasteiger partial charge in [-0.2, -0.15) is 0 Å². The third-order valence-corrected chi connectivity index (χ3v) is 5.49. The first-order valence-electron chi connectivity index (χ1n) is 9.07. The fourth-order valence-corrected chi connectivity index (χ4v) is 3.62. The first kappa shape index (κ1) is 16.7. The van der Waals surface area contributed by atoms with Crippen LogP contribution in [0.15, 0.2) is 30.6 Å². The molecule has 1 aliphatic heterocycles. The van der Waals surface area contributed by atoms with E-state index in [1.807, 2.05) is 24.5 Å². The minimum atomic E-state index is 0.543. The van der Waals surface area contributed by atoms with Crippen molar-refractivity contribution in [2.45, 2.75) is 44.2 Å². The summed E-state index contributed by atoms with van der Waals surface area (Å²) in [5.74, 6) is 2.69. The summed E-state index contributed by atoms with van der Waals surface area (Å²) in [6, 6.07) is 6.51. The molecule has 0 aromatic carbocycles. The van der Waals surface area contributed by atoms with Crippen LogP contribution in [0, 0.1) is 0 Å². The summed E-state index contributed by atoms with van der Waals surface area (Å²) < 4.78 is 0. The monoisotopic (exact) mass is 357 g/mol. The van der Waals surface area contributed by atoms with Crippen LogP contribution in [0.4, 0.5) is 5.82 Å². The molecular weight excluding hydrogens is 334 g/mol. The molecule has 25 heavy (non-hydrogen) atoms. The molecule has 0 bridgehead atoms. The van der Waals surface area contributed by atoms with E-state index in [1.165, 1.54) is 18.4 Å². The molecule has 0 spiro atoms. The average molecular weight is 358 g/mol. The number of hydrogen-bond donors (Lipinski definition) is 0. The second-order valence-electron chi connectivity index (χ2n) is 7.15. The lowest BCUT2D eigenvalue weighted by Gasteiger charge is -2.37. The number of rotatable bonds is 5. The fraction of sp³-hybridized carbons (Fsp3) is 0.526. The molecule has 1 saturated heterocycles. The van der Waals surface area contributed by atoms with Gasteiger partial charge < -0.3 is 4.90 Å². The minimum Gasteiger partial charge on any atom is -0.356 e. The van der Waals surface area contributed by atoms with Crippen LogP contribution in [-0.2, 0) is 6.54 Å². The maximum absolute atomic E-state index is 5.86. The number of hydrogen-bond acceptors (Lipinski definition) is 5. The van der Waals surface area contributed by atoms with Crippen LogP contribution in [0.5, 0.6) is 0 Å². The van der Waals surface area contributed by atoms with Crippen LogP contribution < -0.4 is 4.90 Å². The molecule has 5 nitrogen and oxygen atoms in total. The molecule has 1 aliphatic carbocycles. The Morgan fingerprint density at radius 2 is 1.92 bits per heavy atom. The van der Waals surface area contributed by atoms with Crippen molar-refractivity contribution >= 4 is 17.4 Å². The van der Waals surface area contributed by atoms with Gasteiger partial charge in [-0.1, -0.05) is 17.7 Å². The normalized spacial score (nSPS) is 19.1. The average Bonchev–Trinajstić information content (AvgIpc) is 3.49.